The number of phenols is 1. The van der Waals surface area contributed by atoms with Gasteiger partial charge in [-0.3, -0.25) is 5.32 Å². The van der Waals surface area contributed by atoms with Crippen LogP contribution in [0.4, 0.5) is 14.9 Å². The van der Waals surface area contributed by atoms with E-state index in [1.54, 1.807) is 6.92 Å². The van der Waals surface area contributed by atoms with E-state index in [1.807, 2.05) is 6.07 Å². The molecule has 0 spiro atoms. The molecule has 2 aromatic carbocycles. The maximum Gasteiger partial charge on any atom is 0.412 e. The quantitative estimate of drug-likeness (QED) is 0.648. The number of carbonyl (C=O) groups excluding carboxylic acids is 1. The van der Waals surface area contributed by atoms with Crippen LogP contribution < -0.4 is 5.32 Å². The second-order valence-corrected chi connectivity index (χ2v) is 5.91. The summed E-state index contributed by atoms with van der Waals surface area (Å²) in [6.07, 6.45) is 0.353. The zero-order valence-electron chi connectivity index (χ0n) is 14.8. The van der Waals surface area contributed by atoms with Crippen LogP contribution in [-0.2, 0) is 9.53 Å². The van der Waals surface area contributed by atoms with Crippen LogP contribution >= 0.6 is 0 Å². The molecule has 0 fully saturated rings. The van der Waals surface area contributed by atoms with Crippen LogP contribution in [0.1, 0.15) is 24.2 Å². The van der Waals surface area contributed by atoms with Gasteiger partial charge in [-0.25, -0.2) is 14.0 Å². The molecule has 7 nitrogen and oxygen atoms in total. The van der Waals surface area contributed by atoms with Crippen molar-refractivity contribution in [2.75, 3.05) is 5.32 Å². The van der Waals surface area contributed by atoms with Gasteiger partial charge in [0.1, 0.15) is 6.10 Å². The summed E-state index contributed by atoms with van der Waals surface area (Å²) >= 11 is 0. The minimum absolute atomic E-state index is 0.243. The highest BCUT2D eigenvalue weighted by molar-refractivity contribution is 5.85. The van der Waals surface area contributed by atoms with Gasteiger partial charge in [0.2, 0.25) is 0 Å². The third-order valence-corrected chi connectivity index (χ3v) is 3.81. The first-order chi connectivity index (χ1) is 13.3. The summed E-state index contributed by atoms with van der Waals surface area (Å²) in [4.78, 5) is 23.0. The third kappa shape index (κ3) is 5.57. The molecule has 0 aliphatic rings. The molecule has 144 valence electrons. The Morgan fingerprint density at radius 1 is 1.25 bits per heavy atom. The van der Waals surface area contributed by atoms with Gasteiger partial charge >= 0.3 is 12.1 Å². The minimum atomic E-state index is -1.18. The standard InChI is InChI=1S/C20H17FN2O5/c1-12(2-9-18(25)26)19(14-5-8-17(24)16(21)10-14)28-20(27)23-15-6-3-13(11-22)4-7-15/h2-10,12,19,24H,1H3,(H,23,27)(H,25,26)/b9-2+. The number of amides is 1. The smallest absolute Gasteiger partial charge is 0.412 e. The second-order valence-electron chi connectivity index (χ2n) is 5.91. The Hall–Kier alpha value is -3.86. The van der Waals surface area contributed by atoms with Gasteiger partial charge < -0.3 is 14.9 Å². The number of halogens is 1. The molecule has 28 heavy (non-hydrogen) atoms. The average molecular weight is 384 g/mol. The van der Waals surface area contributed by atoms with Gasteiger partial charge in [0, 0.05) is 17.7 Å². The summed E-state index contributed by atoms with van der Waals surface area (Å²) in [7, 11) is 0. The maximum atomic E-state index is 13.7. The molecule has 2 rings (SSSR count). The van der Waals surface area contributed by atoms with Crippen molar-refractivity contribution in [3.8, 4) is 11.8 Å². The number of hydrogen-bond acceptors (Lipinski definition) is 5. The number of rotatable bonds is 6. The fourth-order valence-corrected chi connectivity index (χ4v) is 2.40. The van der Waals surface area contributed by atoms with Crippen molar-refractivity contribution in [3.05, 3.63) is 71.6 Å². The Labute approximate surface area is 160 Å². The Bertz CT molecular complexity index is 935. The largest absolute Gasteiger partial charge is 0.505 e. The summed E-state index contributed by atoms with van der Waals surface area (Å²) in [6, 6.07) is 11.5. The van der Waals surface area contributed by atoms with Gasteiger partial charge in [0.15, 0.2) is 11.6 Å². The van der Waals surface area contributed by atoms with E-state index in [1.165, 1.54) is 36.4 Å². The number of ether oxygens (including phenoxy) is 1. The predicted octanol–water partition coefficient (Wildman–Crippen LogP) is 3.97. The molecular formula is C20H17FN2O5. The molecule has 1 amide bonds. The zero-order valence-corrected chi connectivity index (χ0v) is 14.8. The summed E-state index contributed by atoms with van der Waals surface area (Å²) in [5.74, 6) is -3.23. The van der Waals surface area contributed by atoms with Crippen LogP contribution in [0, 0.1) is 23.1 Å². The average Bonchev–Trinajstić information content (AvgIpc) is 2.67. The molecule has 2 aromatic rings. The van der Waals surface area contributed by atoms with E-state index >= 15 is 0 Å². The van der Waals surface area contributed by atoms with Gasteiger partial charge in [-0.1, -0.05) is 19.1 Å². The van der Waals surface area contributed by atoms with Crippen LogP contribution in [0.5, 0.6) is 5.75 Å². The Balaban J connectivity index is 2.22. The van der Waals surface area contributed by atoms with E-state index in [2.05, 4.69) is 5.32 Å². The van der Waals surface area contributed by atoms with Gasteiger partial charge in [0.25, 0.3) is 0 Å². The summed E-state index contributed by atoms with van der Waals surface area (Å²) in [5.41, 5.74) is 1.05. The molecular weight excluding hydrogens is 367 g/mol. The maximum absolute atomic E-state index is 13.7. The molecule has 3 N–H and O–H groups in total. The highest BCUT2D eigenvalue weighted by atomic mass is 19.1. The molecule has 0 radical (unpaired) electrons. The Morgan fingerprint density at radius 3 is 2.50 bits per heavy atom. The number of carboxylic acid groups (broad SMARTS) is 1. The number of carbonyl (C=O) groups is 2. The second kappa shape index (κ2) is 9.19. The lowest BCUT2D eigenvalue weighted by Crippen LogP contribution is -2.21. The normalized spacial score (nSPS) is 12.8. The summed E-state index contributed by atoms with van der Waals surface area (Å²) in [5, 5.41) is 29.4. The Kier molecular flexibility index (Phi) is 6.71. The number of carboxylic acids is 1. The highest BCUT2D eigenvalue weighted by Gasteiger charge is 2.23. The van der Waals surface area contributed by atoms with E-state index in [-0.39, 0.29) is 5.56 Å². The molecule has 0 aliphatic heterocycles. The fourth-order valence-electron chi connectivity index (χ4n) is 2.40. The molecule has 0 aliphatic carbocycles. The first kappa shape index (κ1) is 20.5. The van der Waals surface area contributed by atoms with Crippen molar-refractivity contribution in [1.29, 1.82) is 5.26 Å². The number of aromatic hydroxyl groups is 1. The van der Waals surface area contributed by atoms with E-state index in [0.717, 1.165) is 18.2 Å². The number of aliphatic carboxylic acids is 1. The van der Waals surface area contributed by atoms with Crippen LogP contribution in [-0.4, -0.2) is 22.3 Å². The van der Waals surface area contributed by atoms with Crippen molar-refractivity contribution in [3.63, 3.8) is 0 Å². The van der Waals surface area contributed by atoms with E-state index < -0.39 is 35.7 Å². The van der Waals surface area contributed by atoms with Gasteiger partial charge in [0.05, 0.1) is 11.6 Å². The number of hydrogen-bond donors (Lipinski definition) is 3. The number of nitrogens with zero attached hydrogens (tertiary/aromatic N) is 1. The van der Waals surface area contributed by atoms with Crippen molar-refractivity contribution in [2.24, 2.45) is 5.92 Å². The molecule has 0 bridgehead atoms. The first-order valence-corrected chi connectivity index (χ1v) is 8.17. The number of benzene rings is 2. The molecule has 2 atom stereocenters. The van der Waals surface area contributed by atoms with Crippen molar-refractivity contribution in [2.45, 2.75) is 13.0 Å². The minimum Gasteiger partial charge on any atom is -0.505 e. The number of nitrogens with one attached hydrogen (secondary N) is 1. The fraction of sp³-hybridized carbons (Fsp3) is 0.150. The molecule has 0 saturated carbocycles. The number of anilines is 1. The molecule has 8 heteroatoms. The summed E-state index contributed by atoms with van der Waals surface area (Å²) < 4.78 is 19.1. The number of phenolic OH excluding ortho intramolecular Hbond substituents is 1. The van der Waals surface area contributed by atoms with Crippen molar-refractivity contribution in [1.82, 2.24) is 0 Å². The lowest BCUT2D eigenvalue weighted by Gasteiger charge is -2.23. The van der Waals surface area contributed by atoms with Crippen LogP contribution in [0.25, 0.3) is 0 Å². The van der Waals surface area contributed by atoms with Crippen LogP contribution in [0.3, 0.4) is 0 Å². The summed E-state index contributed by atoms with van der Waals surface area (Å²) in [6.45, 7) is 1.60. The van der Waals surface area contributed by atoms with Crippen LogP contribution in [0.15, 0.2) is 54.6 Å². The SMILES string of the molecule is CC(/C=C/C(=O)O)C(OC(=O)Nc1ccc(C#N)cc1)c1ccc(O)c(F)c1. The molecule has 0 aromatic heterocycles. The van der Waals surface area contributed by atoms with Gasteiger partial charge in [-0.05, 0) is 42.0 Å². The lowest BCUT2D eigenvalue weighted by molar-refractivity contribution is -0.131. The Morgan fingerprint density at radius 2 is 1.93 bits per heavy atom. The topological polar surface area (TPSA) is 120 Å². The van der Waals surface area contributed by atoms with E-state index in [4.69, 9.17) is 15.1 Å². The monoisotopic (exact) mass is 384 g/mol. The highest BCUT2D eigenvalue weighted by Crippen LogP contribution is 2.30. The predicted molar refractivity (Wildman–Crippen MR) is 98.0 cm³/mol. The van der Waals surface area contributed by atoms with Gasteiger partial charge in [-0.15, -0.1) is 0 Å². The number of nitriles is 1. The molecule has 0 saturated heterocycles. The third-order valence-electron chi connectivity index (χ3n) is 3.81. The van der Waals surface area contributed by atoms with Gasteiger partial charge in [-0.2, -0.15) is 5.26 Å². The van der Waals surface area contributed by atoms with E-state index in [0.29, 0.717) is 11.3 Å². The molecule has 2 unspecified atom stereocenters. The molecule has 0 heterocycles. The lowest BCUT2D eigenvalue weighted by atomic mass is 9.96. The van der Waals surface area contributed by atoms with Crippen molar-refractivity contribution < 1.29 is 28.9 Å². The van der Waals surface area contributed by atoms with Crippen molar-refractivity contribution >= 4 is 17.7 Å². The van der Waals surface area contributed by atoms with E-state index in [9.17, 15) is 19.1 Å². The zero-order chi connectivity index (χ0) is 20.7. The van der Waals surface area contributed by atoms with Crippen LogP contribution in [0.2, 0.25) is 0 Å². The first-order valence-electron chi connectivity index (χ1n) is 8.17.